The summed E-state index contributed by atoms with van der Waals surface area (Å²) >= 11 is 1.72. The molecular weight excluding hydrogens is 306 g/mol. The largest absolute Gasteiger partial charge is 0.338 e. The van der Waals surface area contributed by atoms with Crippen molar-refractivity contribution >= 4 is 17.4 Å². The van der Waals surface area contributed by atoms with Gasteiger partial charge in [0.2, 0.25) is 0 Å². The summed E-state index contributed by atoms with van der Waals surface area (Å²) in [6, 6.07) is 10.5. The molecule has 1 unspecified atom stereocenters. The Kier molecular flexibility index (Phi) is 4.96. The number of carbonyl (C=O) groups excluding carboxylic acids is 1. The molecule has 122 valence electrons. The van der Waals surface area contributed by atoms with Gasteiger partial charge in [0.05, 0.1) is 10.7 Å². The molecule has 3 rings (SSSR count). The minimum absolute atomic E-state index is 0.0577. The molecule has 23 heavy (non-hydrogen) atoms. The lowest BCUT2D eigenvalue weighted by Crippen LogP contribution is -2.39. The highest BCUT2D eigenvalue weighted by Crippen LogP contribution is 2.26. The molecule has 0 aliphatic carbocycles. The van der Waals surface area contributed by atoms with Crippen LogP contribution in [-0.2, 0) is 6.42 Å². The molecule has 0 saturated carbocycles. The lowest BCUT2D eigenvalue weighted by atomic mass is 9.99. The molecule has 0 spiro atoms. The summed E-state index contributed by atoms with van der Waals surface area (Å²) in [5.74, 6) is 0.466. The molecule has 1 aliphatic heterocycles. The minimum atomic E-state index is 0.0577. The van der Waals surface area contributed by atoms with Gasteiger partial charge in [0.1, 0.15) is 0 Å². The van der Waals surface area contributed by atoms with Gasteiger partial charge >= 0.3 is 6.03 Å². The van der Waals surface area contributed by atoms with Gasteiger partial charge in [-0.1, -0.05) is 30.3 Å². The number of nitrogens with one attached hydrogen (secondary N) is 1. The number of thiazole rings is 1. The van der Waals surface area contributed by atoms with Crippen LogP contribution in [-0.4, -0.2) is 35.5 Å². The van der Waals surface area contributed by atoms with Crippen molar-refractivity contribution < 1.29 is 4.79 Å². The van der Waals surface area contributed by atoms with Crippen LogP contribution in [0.1, 0.15) is 33.5 Å². The maximum atomic E-state index is 12.3. The van der Waals surface area contributed by atoms with Gasteiger partial charge in [-0.3, -0.25) is 0 Å². The van der Waals surface area contributed by atoms with Crippen molar-refractivity contribution in [2.45, 2.75) is 32.6 Å². The normalized spacial score (nSPS) is 17.5. The molecule has 1 saturated heterocycles. The van der Waals surface area contributed by atoms with Gasteiger partial charge in [-0.25, -0.2) is 9.78 Å². The van der Waals surface area contributed by atoms with Crippen LogP contribution in [0, 0.1) is 13.8 Å². The van der Waals surface area contributed by atoms with Gasteiger partial charge in [0.15, 0.2) is 0 Å². The van der Waals surface area contributed by atoms with Gasteiger partial charge in [-0.15, -0.1) is 11.3 Å². The van der Waals surface area contributed by atoms with Crippen LogP contribution in [0.25, 0.3) is 0 Å². The Morgan fingerprint density at radius 3 is 2.83 bits per heavy atom. The van der Waals surface area contributed by atoms with Gasteiger partial charge in [0.25, 0.3) is 0 Å². The van der Waals surface area contributed by atoms with Crippen molar-refractivity contribution in [1.82, 2.24) is 15.2 Å². The Morgan fingerprint density at radius 1 is 1.35 bits per heavy atom. The summed E-state index contributed by atoms with van der Waals surface area (Å²) in [6.07, 6.45) is 1.91. The first-order valence-corrected chi connectivity index (χ1v) is 8.96. The summed E-state index contributed by atoms with van der Waals surface area (Å²) < 4.78 is 0. The Balaban J connectivity index is 1.47. The van der Waals surface area contributed by atoms with Crippen molar-refractivity contribution in [3.05, 3.63) is 51.5 Å². The van der Waals surface area contributed by atoms with E-state index in [1.807, 2.05) is 24.8 Å². The molecular formula is C18H23N3OS. The van der Waals surface area contributed by atoms with E-state index < -0.39 is 0 Å². The monoisotopic (exact) mass is 329 g/mol. The predicted octanol–water partition coefficient (Wildman–Crippen LogP) is 3.50. The molecule has 5 heteroatoms. The molecule has 0 radical (unpaired) electrons. The summed E-state index contributed by atoms with van der Waals surface area (Å²) in [6.45, 7) is 6.38. The molecule has 2 amide bonds. The van der Waals surface area contributed by atoms with Crippen LogP contribution in [0.2, 0.25) is 0 Å². The van der Waals surface area contributed by atoms with Gasteiger partial charge in [-0.2, -0.15) is 0 Å². The maximum absolute atomic E-state index is 12.3. The third kappa shape index (κ3) is 3.91. The number of amides is 2. The first kappa shape index (κ1) is 16.0. The molecule has 2 aromatic rings. The fraction of sp³-hybridized carbons (Fsp3) is 0.444. The van der Waals surface area contributed by atoms with Crippen LogP contribution in [0.15, 0.2) is 30.3 Å². The maximum Gasteiger partial charge on any atom is 0.317 e. The van der Waals surface area contributed by atoms with Crippen molar-refractivity contribution in [3.63, 3.8) is 0 Å². The van der Waals surface area contributed by atoms with Crippen LogP contribution < -0.4 is 5.32 Å². The molecule has 1 aromatic carbocycles. The quantitative estimate of drug-likeness (QED) is 0.933. The lowest BCUT2D eigenvalue weighted by Gasteiger charge is -2.17. The first-order chi connectivity index (χ1) is 11.1. The zero-order chi connectivity index (χ0) is 16.2. The number of rotatable bonds is 4. The van der Waals surface area contributed by atoms with Crippen LogP contribution in [0.3, 0.4) is 0 Å². The summed E-state index contributed by atoms with van der Waals surface area (Å²) in [4.78, 5) is 19.9. The zero-order valence-corrected chi connectivity index (χ0v) is 14.5. The molecule has 1 aliphatic rings. The third-order valence-corrected chi connectivity index (χ3v) is 5.51. The summed E-state index contributed by atoms with van der Waals surface area (Å²) in [5, 5.41) is 4.14. The second-order valence-electron chi connectivity index (χ2n) is 6.07. The Hall–Kier alpha value is -1.88. The van der Waals surface area contributed by atoms with Crippen molar-refractivity contribution in [2.75, 3.05) is 19.6 Å². The van der Waals surface area contributed by atoms with E-state index in [0.29, 0.717) is 12.5 Å². The van der Waals surface area contributed by atoms with Gasteiger partial charge in [0, 0.05) is 36.9 Å². The number of aromatic nitrogens is 1. The fourth-order valence-corrected chi connectivity index (χ4v) is 4.08. The smallest absolute Gasteiger partial charge is 0.317 e. The van der Waals surface area contributed by atoms with E-state index in [1.165, 1.54) is 10.4 Å². The highest BCUT2D eigenvalue weighted by molar-refractivity contribution is 7.11. The van der Waals surface area contributed by atoms with E-state index in [-0.39, 0.29) is 6.03 Å². The van der Waals surface area contributed by atoms with E-state index in [1.54, 1.807) is 11.3 Å². The zero-order valence-electron chi connectivity index (χ0n) is 13.7. The van der Waals surface area contributed by atoms with Crippen molar-refractivity contribution in [1.29, 1.82) is 0 Å². The Morgan fingerprint density at radius 2 is 2.13 bits per heavy atom. The number of likely N-dealkylation sites (tertiary alicyclic amines) is 1. The van der Waals surface area contributed by atoms with Gasteiger partial charge in [-0.05, 0) is 25.8 Å². The Labute approximate surface area is 141 Å². The van der Waals surface area contributed by atoms with Crippen LogP contribution >= 0.6 is 11.3 Å². The number of aryl methyl sites for hydroxylation is 2. The highest BCUT2D eigenvalue weighted by atomic mass is 32.1. The van der Waals surface area contributed by atoms with E-state index in [9.17, 15) is 4.79 Å². The molecule has 1 fully saturated rings. The fourth-order valence-electron chi connectivity index (χ4n) is 3.14. The molecule has 1 atom stereocenters. The SMILES string of the molecule is Cc1nc(C)c(CCNC(=O)N2CCC(c3ccccc3)C2)s1. The van der Waals surface area contributed by atoms with E-state index in [4.69, 9.17) is 0 Å². The minimum Gasteiger partial charge on any atom is -0.338 e. The van der Waals surface area contributed by atoms with Gasteiger partial charge < -0.3 is 10.2 Å². The first-order valence-electron chi connectivity index (χ1n) is 8.14. The average molecular weight is 329 g/mol. The standard InChI is InChI=1S/C18H23N3OS/c1-13-17(23-14(2)20-13)8-10-19-18(22)21-11-9-16(12-21)15-6-4-3-5-7-15/h3-7,16H,8-12H2,1-2H3,(H,19,22). The van der Waals surface area contributed by atoms with E-state index >= 15 is 0 Å². The number of nitrogens with zero attached hydrogens (tertiary/aromatic N) is 2. The van der Waals surface area contributed by atoms with E-state index in [2.05, 4.69) is 34.6 Å². The van der Waals surface area contributed by atoms with Crippen molar-refractivity contribution in [3.8, 4) is 0 Å². The average Bonchev–Trinajstić information content (AvgIpc) is 3.15. The molecule has 4 nitrogen and oxygen atoms in total. The summed E-state index contributed by atoms with van der Waals surface area (Å²) in [7, 11) is 0. The molecule has 2 heterocycles. The number of hydrogen-bond donors (Lipinski definition) is 1. The second-order valence-corrected chi connectivity index (χ2v) is 7.35. The predicted molar refractivity (Wildman–Crippen MR) is 94.1 cm³/mol. The Bertz CT molecular complexity index is 668. The number of benzene rings is 1. The molecule has 0 bridgehead atoms. The number of carbonyl (C=O) groups is 1. The molecule has 1 aromatic heterocycles. The van der Waals surface area contributed by atoms with Crippen LogP contribution in [0.4, 0.5) is 4.79 Å². The highest BCUT2D eigenvalue weighted by Gasteiger charge is 2.26. The summed E-state index contributed by atoms with van der Waals surface area (Å²) in [5.41, 5.74) is 2.42. The lowest BCUT2D eigenvalue weighted by molar-refractivity contribution is 0.208. The van der Waals surface area contributed by atoms with E-state index in [0.717, 1.165) is 36.6 Å². The second kappa shape index (κ2) is 7.13. The number of hydrogen-bond acceptors (Lipinski definition) is 3. The number of urea groups is 1. The molecule has 1 N–H and O–H groups in total. The van der Waals surface area contributed by atoms with Crippen LogP contribution in [0.5, 0.6) is 0 Å². The third-order valence-electron chi connectivity index (χ3n) is 4.37. The van der Waals surface area contributed by atoms with Crippen molar-refractivity contribution in [2.24, 2.45) is 0 Å². The topological polar surface area (TPSA) is 45.2 Å².